The molecule has 2 N–H and O–H groups in total. The van der Waals surface area contributed by atoms with Crippen LogP contribution in [-0.4, -0.2) is 44.2 Å². The molecule has 2 heterocycles. The molecule has 2 aromatic rings. The molecule has 0 aliphatic carbocycles. The Balaban J connectivity index is 1.69. The van der Waals surface area contributed by atoms with Gasteiger partial charge in [0.15, 0.2) is 5.76 Å². The van der Waals surface area contributed by atoms with Gasteiger partial charge in [0.2, 0.25) is 10.0 Å². The molecule has 0 radical (unpaired) electrons. The number of hydrogen-bond acceptors (Lipinski definition) is 5. The van der Waals surface area contributed by atoms with Crippen LogP contribution in [0.2, 0.25) is 0 Å². The second kappa shape index (κ2) is 8.79. The smallest absolute Gasteiger partial charge is 0.287 e. The van der Waals surface area contributed by atoms with E-state index in [1.807, 2.05) is 6.92 Å². The summed E-state index contributed by atoms with van der Waals surface area (Å²) in [6.07, 6.45) is 1.66. The predicted octanol–water partition coefficient (Wildman–Crippen LogP) is 2.05. The number of carbonyl (C=O) groups is 2. The topological polar surface area (TPSA) is 109 Å². The third-order valence-corrected chi connectivity index (χ3v) is 6.76. The summed E-state index contributed by atoms with van der Waals surface area (Å²) in [6.45, 7) is 5.05. The molecular weight excluding hydrogens is 394 g/mol. The number of benzene rings is 1. The van der Waals surface area contributed by atoms with Gasteiger partial charge >= 0.3 is 0 Å². The van der Waals surface area contributed by atoms with Crippen LogP contribution < -0.4 is 10.6 Å². The fourth-order valence-corrected chi connectivity index (χ4v) is 4.93. The summed E-state index contributed by atoms with van der Waals surface area (Å²) in [5.74, 6) is -0.557. The van der Waals surface area contributed by atoms with Gasteiger partial charge in [0.25, 0.3) is 11.8 Å². The van der Waals surface area contributed by atoms with Crippen molar-refractivity contribution in [3.05, 3.63) is 53.0 Å². The SMILES string of the molecule is CCNC(=O)c1cccc(CNC(=O)c2cc(S(=O)(=O)N3CCCC3)c(C)o2)c1. The molecule has 2 amide bonds. The van der Waals surface area contributed by atoms with E-state index in [4.69, 9.17) is 4.42 Å². The van der Waals surface area contributed by atoms with Gasteiger partial charge in [-0.2, -0.15) is 4.31 Å². The zero-order valence-electron chi connectivity index (χ0n) is 16.5. The van der Waals surface area contributed by atoms with Crippen molar-refractivity contribution >= 4 is 21.8 Å². The zero-order chi connectivity index (χ0) is 21.0. The third-order valence-electron chi connectivity index (χ3n) is 4.76. The number of rotatable bonds is 7. The van der Waals surface area contributed by atoms with Crippen LogP contribution in [0, 0.1) is 6.92 Å². The van der Waals surface area contributed by atoms with Crippen LogP contribution in [0.25, 0.3) is 0 Å². The lowest BCUT2D eigenvalue weighted by Gasteiger charge is -2.14. The van der Waals surface area contributed by atoms with E-state index in [0.29, 0.717) is 25.2 Å². The molecule has 0 atom stereocenters. The van der Waals surface area contributed by atoms with E-state index in [9.17, 15) is 18.0 Å². The number of hydrogen-bond donors (Lipinski definition) is 2. The highest BCUT2D eigenvalue weighted by molar-refractivity contribution is 7.89. The van der Waals surface area contributed by atoms with Crippen LogP contribution in [0.1, 0.15) is 52.0 Å². The Morgan fingerprint density at radius 2 is 1.83 bits per heavy atom. The van der Waals surface area contributed by atoms with Gasteiger partial charge in [0.1, 0.15) is 10.7 Å². The van der Waals surface area contributed by atoms with Crippen molar-refractivity contribution in [1.82, 2.24) is 14.9 Å². The highest BCUT2D eigenvalue weighted by Crippen LogP contribution is 2.26. The van der Waals surface area contributed by atoms with Gasteiger partial charge in [0, 0.05) is 37.8 Å². The number of amides is 2. The monoisotopic (exact) mass is 419 g/mol. The maximum Gasteiger partial charge on any atom is 0.287 e. The summed E-state index contributed by atoms with van der Waals surface area (Å²) >= 11 is 0. The lowest BCUT2D eigenvalue weighted by molar-refractivity contribution is 0.0921. The van der Waals surface area contributed by atoms with Crippen molar-refractivity contribution in [1.29, 1.82) is 0 Å². The number of furan rings is 1. The van der Waals surface area contributed by atoms with E-state index >= 15 is 0 Å². The van der Waals surface area contributed by atoms with Gasteiger partial charge in [-0.3, -0.25) is 9.59 Å². The predicted molar refractivity (Wildman–Crippen MR) is 107 cm³/mol. The molecule has 9 heteroatoms. The Hall–Kier alpha value is -2.65. The summed E-state index contributed by atoms with van der Waals surface area (Å²) in [7, 11) is -3.65. The summed E-state index contributed by atoms with van der Waals surface area (Å²) in [5.41, 5.74) is 1.25. The van der Waals surface area contributed by atoms with Crippen molar-refractivity contribution in [2.75, 3.05) is 19.6 Å². The molecular formula is C20H25N3O5S. The normalized spacial score (nSPS) is 14.7. The van der Waals surface area contributed by atoms with Crippen molar-refractivity contribution in [3.63, 3.8) is 0 Å². The van der Waals surface area contributed by atoms with Crippen LogP contribution in [0.5, 0.6) is 0 Å². The third kappa shape index (κ3) is 4.68. The van der Waals surface area contributed by atoms with Crippen LogP contribution in [-0.2, 0) is 16.6 Å². The van der Waals surface area contributed by atoms with E-state index < -0.39 is 15.9 Å². The zero-order valence-corrected chi connectivity index (χ0v) is 17.3. The molecule has 1 fully saturated rings. The fourth-order valence-electron chi connectivity index (χ4n) is 3.26. The number of nitrogens with one attached hydrogen (secondary N) is 2. The second-order valence-corrected chi connectivity index (χ2v) is 8.79. The van der Waals surface area contributed by atoms with E-state index in [-0.39, 0.29) is 28.9 Å². The first-order chi connectivity index (χ1) is 13.8. The van der Waals surface area contributed by atoms with E-state index in [2.05, 4.69) is 10.6 Å². The Kier molecular flexibility index (Phi) is 6.39. The lowest BCUT2D eigenvalue weighted by Crippen LogP contribution is -2.28. The fraction of sp³-hybridized carbons (Fsp3) is 0.400. The standard InChI is InChI=1S/C20H25N3O5S/c1-3-21-19(24)16-8-6-7-15(11-16)13-22-20(25)17-12-18(14(2)28-17)29(26,27)23-9-4-5-10-23/h6-8,11-12H,3-5,9-10,13H2,1-2H3,(H,21,24)(H,22,25). The summed E-state index contributed by atoms with van der Waals surface area (Å²) in [4.78, 5) is 24.4. The highest BCUT2D eigenvalue weighted by Gasteiger charge is 2.31. The molecule has 1 aliphatic heterocycles. The number of carbonyl (C=O) groups excluding carboxylic acids is 2. The molecule has 3 rings (SSSR count). The highest BCUT2D eigenvalue weighted by atomic mass is 32.2. The maximum atomic E-state index is 12.7. The van der Waals surface area contributed by atoms with E-state index in [0.717, 1.165) is 18.4 Å². The molecule has 156 valence electrons. The molecule has 1 aliphatic rings. The molecule has 8 nitrogen and oxygen atoms in total. The summed E-state index contributed by atoms with van der Waals surface area (Å²) in [6, 6.07) is 8.20. The molecule has 1 aromatic heterocycles. The molecule has 1 saturated heterocycles. The van der Waals surface area contributed by atoms with Crippen molar-refractivity contribution in [2.24, 2.45) is 0 Å². The Morgan fingerprint density at radius 1 is 1.10 bits per heavy atom. The van der Waals surface area contributed by atoms with E-state index in [1.165, 1.54) is 17.3 Å². The second-order valence-electron chi connectivity index (χ2n) is 6.88. The number of nitrogens with zero attached hydrogens (tertiary/aromatic N) is 1. The molecule has 1 aromatic carbocycles. The van der Waals surface area contributed by atoms with Crippen LogP contribution >= 0.6 is 0 Å². The maximum absolute atomic E-state index is 12.7. The van der Waals surface area contributed by atoms with Crippen LogP contribution in [0.4, 0.5) is 0 Å². The van der Waals surface area contributed by atoms with Gasteiger partial charge in [-0.05, 0) is 44.4 Å². The van der Waals surface area contributed by atoms with Gasteiger partial charge in [-0.15, -0.1) is 0 Å². The minimum atomic E-state index is -3.65. The molecule has 29 heavy (non-hydrogen) atoms. The first kappa shape index (κ1) is 21.1. The van der Waals surface area contributed by atoms with Crippen molar-refractivity contribution < 1.29 is 22.4 Å². The number of sulfonamides is 1. The largest absolute Gasteiger partial charge is 0.455 e. The van der Waals surface area contributed by atoms with Crippen molar-refractivity contribution in [2.45, 2.75) is 38.1 Å². The van der Waals surface area contributed by atoms with Gasteiger partial charge in [0.05, 0.1) is 0 Å². The Labute approximate surface area is 170 Å². The molecule has 0 saturated carbocycles. The quantitative estimate of drug-likeness (QED) is 0.714. The number of aryl methyl sites for hydroxylation is 1. The molecule has 0 spiro atoms. The first-order valence-electron chi connectivity index (χ1n) is 9.59. The lowest BCUT2D eigenvalue weighted by atomic mass is 10.1. The van der Waals surface area contributed by atoms with E-state index in [1.54, 1.807) is 24.3 Å². The minimum Gasteiger partial charge on any atom is -0.455 e. The first-order valence-corrected chi connectivity index (χ1v) is 11.0. The summed E-state index contributed by atoms with van der Waals surface area (Å²) in [5, 5.41) is 5.43. The Morgan fingerprint density at radius 3 is 2.52 bits per heavy atom. The van der Waals surface area contributed by atoms with Crippen LogP contribution in [0.3, 0.4) is 0 Å². The summed E-state index contributed by atoms with van der Waals surface area (Å²) < 4.78 is 32.3. The molecule has 0 bridgehead atoms. The molecule has 0 unspecified atom stereocenters. The van der Waals surface area contributed by atoms with Gasteiger partial charge < -0.3 is 15.1 Å². The van der Waals surface area contributed by atoms with Crippen molar-refractivity contribution in [3.8, 4) is 0 Å². The van der Waals surface area contributed by atoms with Gasteiger partial charge in [-0.1, -0.05) is 12.1 Å². The van der Waals surface area contributed by atoms with Gasteiger partial charge in [-0.25, -0.2) is 8.42 Å². The Bertz CT molecular complexity index is 1010. The van der Waals surface area contributed by atoms with Crippen LogP contribution in [0.15, 0.2) is 39.6 Å². The minimum absolute atomic E-state index is 0.0304. The average molecular weight is 420 g/mol. The average Bonchev–Trinajstić information content (AvgIpc) is 3.37.